The Morgan fingerprint density at radius 1 is 1.14 bits per heavy atom. The maximum atomic E-state index is 11.9. The Hall–Kier alpha value is -2.04. The molecule has 0 fully saturated rings. The third kappa shape index (κ3) is 6.29. The third-order valence-corrected chi connectivity index (χ3v) is 2.64. The Kier molecular flexibility index (Phi) is 5.76. The van der Waals surface area contributed by atoms with E-state index in [9.17, 15) is 9.59 Å². The molecular formula is C16H24N2O3. The average molecular weight is 292 g/mol. The van der Waals surface area contributed by atoms with Crippen LogP contribution in [0.1, 0.15) is 33.6 Å². The first-order valence-corrected chi connectivity index (χ1v) is 6.97. The van der Waals surface area contributed by atoms with E-state index in [1.807, 2.05) is 43.3 Å². The van der Waals surface area contributed by atoms with Crippen molar-refractivity contribution >= 4 is 23.3 Å². The van der Waals surface area contributed by atoms with E-state index in [4.69, 9.17) is 4.74 Å². The molecule has 5 nitrogen and oxygen atoms in total. The molecule has 0 unspecified atom stereocenters. The van der Waals surface area contributed by atoms with Crippen molar-refractivity contribution in [3.05, 3.63) is 24.3 Å². The molecule has 0 aliphatic heterocycles. The van der Waals surface area contributed by atoms with Gasteiger partial charge in [0, 0.05) is 20.5 Å². The van der Waals surface area contributed by atoms with E-state index in [2.05, 4.69) is 5.32 Å². The Balaban J connectivity index is 2.53. The predicted octanol–water partition coefficient (Wildman–Crippen LogP) is 2.81. The Bertz CT molecular complexity index is 504. The first-order valence-electron chi connectivity index (χ1n) is 6.97. The SMILES string of the molecule is CN(C)c1ccccc1NC(=O)CCC(=O)OC(C)(C)C. The van der Waals surface area contributed by atoms with E-state index in [0.29, 0.717) is 0 Å². The zero-order valence-corrected chi connectivity index (χ0v) is 13.4. The molecule has 0 atom stereocenters. The molecule has 0 aliphatic carbocycles. The predicted molar refractivity (Wildman–Crippen MR) is 84.5 cm³/mol. The highest BCUT2D eigenvalue weighted by Gasteiger charge is 2.17. The summed E-state index contributed by atoms with van der Waals surface area (Å²) in [6.07, 6.45) is 0.184. The van der Waals surface area contributed by atoms with Gasteiger partial charge in [0.1, 0.15) is 5.60 Å². The van der Waals surface area contributed by atoms with Crippen LogP contribution in [0.3, 0.4) is 0 Å². The summed E-state index contributed by atoms with van der Waals surface area (Å²) in [5, 5.41) is 2.82. The molecule has 5 heteroatoms. The monoisotopic (exact) mass is 292 g/mol. The van der Waals surface area contributed by atoms with Gasteiger partial charge in [0.25, 0.3) is 0 Å². The lowest BCUT2D eigenvalue weighted by Crippen LogP contribution is -2.25. The van der Waals surface area contributed by atoms with E-state index in [-0.39, 0.29) is 24.7 Å². The van der Waals surface area contributed by atoms with Crippen molar-refractivity contribution in [3.8, 4) is 0 Å². The van der Waals surface area contributed by atoms with Crippen molar-refractivity contribution in [1.29, 1.82) is 0 Å². The van der Waals surface area contributed by atoms with Crippen LogP contribution in [-0.2, 0) is 14.3 Å². The molecule has 1 aromatic carbocycles. The van der Waals surface area contributed by atoms with Crippen LogP contribution in [0.4, 0.5) is 11.4 Å². The smallest absolute Gasteiger partial charge is 0.306 e. The summed E-state index contributed by atoms with van der Waals surface area (Å²) in [6.45, 7) is 5.41. The van der Waals surface area contributed by atoms with Gasteiger partial charge in [-0.3, -0.25) is 9.59 Å². The fourth-order valence-corrected chi connectivity index (χ4v) is 1.79. The number of esters is 1. The summed E-state index contributed by atoms with van der Waals surface area (Å²) >= 11 is 0. The van der Waals surface area contributed by atoms with Crippen molar-refractivity contribution < 1.29 is 14.3 Å². The number of anilines is 2. The molecule has 116 valence electrons. The molecule has 0 aromatic heterocycles. The molecule has 1 rings (SSSR count). The van der Waals surface area contributed by atoms with Crippen LogP contribution in [0.2, 0.25) is 0 Å². The highest BCUT2D eigenvalue weighted by atomic mass is 16.6. The minimum Gasteiger partial charge on any atom is -0.460 e. The number of carbonyl (C=O) groups excluding carboxylic acids is 2. The van der Waals surface area contributed by atoms with E-state index in [1.165, 1.54) is 0 Å². The van der Waals surface area contributed by atoms with Gasteiger partial charge < -0.3 is 15.0 Å². The van der Waals surface area contributed by atoms with Crippen LogP contribution in [0.5, 0.6) is 0 Å². The zero-order valence-electron chi connectivity index (χ0n) is 13.4. The fraction of sp³-hybridized carbons (Fsp3) is 0.500. The quantitative estimate of drug-likeness (QED) is 0.848. The molecule has 1 aromatic rings. The van der Waals surface area contributed by atoms with Crippen LogP contribution >= 0.6 is 0 Å². The highest BCUT2D eigenvalue weighted by Crippen LogP contribution is 2.23. The highest BCUT2D eigenvalue weighted by molar-refractivity contribution is 5.95. The molecule has 0 bridgehead atoms. The number of nitrogens with one attached hydrogen (secondary N) is 1. The lowest BCUT2D eigenvalue weighted by atomic mass is 10.2. The topological polar surface area (TPSA) is 58.6 Å². The van der Waals surface area contributed by atoms with Crippen LogP contribution < -0.4 is 10.2 Å². The van der Waals surface area contributed by atoms with E-state index >= 15 is 0 Å². The summed E-state index contributed by atoms with van der Waals surface area (Å²) in [4.78, 5) is 25.4. The normalized spacial score (nSPS) is 10.9. The van der Waals surface area contributed by atoms with Gasteiger partial charge in [0.15, 0.2) is 0 Å². The number of hydrogen-bond acceptors (Lipinski definition) is 4. The molecule has 1 amide bonds. The second-order valence-electron chi connectivity index (χ2n) is 6.05. The summed E-state index contributed by atoms with van der Waals surface area (Å²) in [7, 11) is 3.82. The minimum absolute atomic E-state index is 0.0766. The molecule has 0 saturated carbocycles. The third-order valence-electron chi connectivity index (χ3n) is 2.64. The Morgan fingerprint density at radius 2 is 1.76 bits per heavy atom. The van der Waals surface area contributed by atoms with Gasteiger partial charge >= 0.3 is 5.97 Å². The number of para-hydroxylation sites is 2. The van der Waals surface area contributed by atoms with Gasteiger partial charge in [0.2, 0.25) is 5.91 Å². The maximum absolute atomic E-state index is 11.9. The number of carbonyl (C=O) groups is 2. The number of rotatable bonds is 5. The minimum atomic E-state index is -0.523. The molecule has 0 aliphatic rings. The van der Waals surface area contributed by atoms with Crippen molar-refractivity contribution in [2.24, 2.45) is 0 Å². The second kappa shape index (κ2) is 7.11. The number of ether oxygens (including phenoxy) is 1. The van der Waals surface area contributed by atoms with Crippen molar-refractivity contribution in [2.45, 2.75) is 39.2 Å². The van der Waals surface area contributed by atoms with E-state index in [0.717, 1.165) is 11.4 Å². The lowest BCUT2D eigenvalue weighted by molar-refractivity contribution is -0.155. The Morgan fingerprint density at radius 3 is 2.33 bits per heavy atom. The van der Waals surface area contributed by atoms with Crippen molar-refractivity contribution in [2.75, 3.05) is 24.3 Å². The van der Waals surface area contributed by atoms with Crippen molar-refractivity contribution in [1.82, 2.24) is 0 Å². The molecule has 0 saturated heterocycles. The molecule has 0 radical (unpaired) electrons. The first kappa shape index (κ1) is 17.0. The number of hydrogen-bond donors (Lipinski definition) is 1. The largest absolute Gasteiger partial charge is 0.460 e. The standard InChI is InChI=1S/C16H24N2O3/c1-16(2,3)21-15(20)11-10-14(19)17-12-8-6-7-9-13(12)18(4)5/h6-9H,10-11H2,1-5H3,(H,17,19). The zero-order chi connectivity index (χ0) is 16.0. The average Bonchev–Trinajstić information content (AvgIpc) is 2.35. The van der Waals surface area contributed by atoms with Gasteiger partial charge in [-0.2, -0.15) is 0 Å². The summed E-state index contributed by atoms with van der Waals surface area (Å²) in [5.41, 5.74) is 1.13. The summed E-state index contributed by atoms with van der Waals surface area (Å²) < 4.78 is 5.17. The molecule has 1 N–H and O–H groups in total. The molecule has 0 heterocycles. The van der Waals surface area contributed by atoms with Crippen LogP contribution in [-0.4, -0.2) is 31.6 Å². The van der Waals surface area contributed by atoms with Crippen LogP contribution in [0, 0.1) is 0 Å². The van der Waals surface area contributed by atoms with Gasteiger partial charge in [-0.05, 0) is 32.9 Å². The van der Waals surface area contributed by atoms with Crippen molar-refractivity contribution in [3.63, 3.8) is 0 Å². The van der Waals surface area contributed by atoms with Gasteiger partial charge in [0.05, 0.1) is 17.8 Å². The first-order chi connectivity index (χ1) is 9.69. The fourth-order valence-electron chi connectivity index (χ4n) is 1.79. The summed E-state index contributed by atoms with van der Waals surface area (Å²) in [6, 6.07) is 7.52. The molecule has 0 spiro atoms. The van der Waals surface area contributed by atoms with Gasteiger partial charge in [-0.25, -0.2) is 0 Å². The van der Waals surface area contributed by atoms with Gasteiger partial charge in [-0.15, -0.1) is 0 Å². The van der Waals surface area contributed by atoms with E-state index < -0.39 is 5.60 Å². The number of benzene rings is 1. The second-order valence-corrected chi connectivity index (χ2v) is 6.05. The molecule has 21 heavy (non-hydrogen) atoms. The number of nitrogens with zero attached hydrogens (tertiary/aromatic N) is 1. The number of amides is 1. The lowest BCUT2D eigenvalue weighted by Gasteiger charge is -2.19. The summed E-state index contributed by atoms with van der Waals surface area (Å²) in [5.74, 6) is -0.561. The Labute approximate surface area is 126 Å². The van der Waals surface area contributed by atoms with Crippen LogP contribution in [0.25, 0.3) is 0 Å². The van der Waals surface area contributed by atoms with Crippen LogP contribution in [0.15, 0.2) is 24.3 Å². The van der Waals surface area contributed by atoms with E-state index in [1.54, 1.807) is 20.8 Å². The van der Waals surface area contributed by atoms with Gasteiger partial charge in [-0.1, -0.05) is 12.1 Å². The molecular weight excluding hydrogens is 268 g/mol. The maximum Gasteiger partial charge on any atom is 0.306 e.